The molecular weight excluding hydrogens is 192 g/mol. The molecule has 0 amide bonds. The highest BCUT2D eigenvalue weighted by Gasteiger charge is 2.08. The second kappa shape index (κ2) is 5.70. The van der Waals surface area contributed by atoms with Gasteiger partial charge in [-0.1, -0.05) is 13.8 Å². The summed E-state index contributed by atoms with van der Waals surface area (Å²) < 4.78 is 5.10. The molecule has 0 fully saturated rings. The Balaban J connectivity index is 2.39. The van der Waals surface area contributed by atoms with Crippen LogP contribution in [0.5, 0.6) is 0 Å². The summed E-state index contributed by atoms with van der Waals surface area (Å²) in [5.41, 5.74) is 0. The van der Waals surface area contributed by atoms with Crippen LogP contribution in [-0.4, -0.2) is 30.3 Å². The maximum atomic E-state index is 5.10. The smallest absolute Gasteiger partial charge is 0.265 e. The highest BCUT2D eigenvalue weighted by molar-refractivity contribution is 5.24. The van der Waals surface area contributed by atoms with Crippen LogP contribution in [-0.2, 0) is 6.54 Å². The van der Waals surface area contributed by atoms with Gasteiger partial charge in [-0.05, 0) is 24.5 Å². The Morgan fingerprint density at radius 2 is 2.20 bits per heavy atom. The van der Waals surface area contributed by atoms with Gasteiger partial charge in [-0.3, -0.25) is 0 Å². The van der Waals surface area contributed by atoms with Gasteiger partial charge in [-0.15, -0.1) is 0 Å². The van der Waals surface area contributed by atoms with E-state index in [0.717, 1.165) is 13.1 Å². The molecule has 1 rings (SSSR count). The number of aromatic nitrogens is 2. The molecule has 1 heterocycles. The van der Waals surface area contributed by atoms with E-state index in [2.05, 4.69) is 29.3 Å². The van der Waals surface area contributed by atoms with Crippen molar-refractivity contribution < 1.29 is 4.52 Å². The van der Waals surface area contributed by atoms with Gasteiger partial charge < -0.3 is 14.7 Å². The normalized spacial score (nSPS) is 11.0. The third-order valence-electron chi connectivity index (χ3n) is 2.10. The molecule has 0 radical (unpaired) electrons. The van der Waals surface area contributed by atoms with E-state index in [-0.39, 0.29) is 0 Å². The lowest BCUT2D eigenvalue weighted by molar-refractivity contribution is 0.363. The molecule has 0 bridgehead atoms. The fraction of sp³-hybridized carbons (Fsp3) is 0.800. The molecule has 0 aliphatic rings. The van der Waals surface area contributed by atoms with Gasteiger partial charge in [0.05, 0.1) is 6.54 Å². The summed E-state index contributed by atoms with van der Waals surface area (Å²) in [6.07, 6.45) is 0. The van der Waals surface area contributed by atoms with Crippen molar-refractivity contribution in [1.29, 1.82) is 0 Å². The summed E-state index contributed by atoms with van der Waals surface area (Å²) in [7, 11) is 1.94. The minimum Gasteiger partial charge on any atom is -0.342 e. The first-order valence-electron chi connectivity index (χ1n) is 5.38. The van der Waals surface area contributed by atoms with Crippen LogP contribution < -0.4 is 10.2 Å². The third-order valence-corrected chi connectivity index (χ3v) is 2.10. The molecule has 0 spiro atoms. The van der Waals surface area contributed by atoms with Gasteiger partial charge in [0.1, 0.15) is 0 Å². The molecule has 0 aliphatic carbocycles. The van der Waals surface area contributed by atoms with Crippen LogP contribution in [0.3, 0.4) is 0 Å². The van der Waals surface area contributed by atoms with E-state index >= 15 is 0 Å². The maximum Gasteiger partial charge on any atom is 0.265 e. The van der Waals surface area contributed by atoms with Crippen molar-refractivity contribution >= 4 is 5.95 Å². The lowest BCUT2D eigenvalue weighted by Crippen LogP contribution is -2.20. The van der Waals surface area contributed by atoms with E-state index in [4.69, 9.17) is 4.52 Å². The number of nitrogens with zero attached hydrogens (tertiary/aromatic N) is 3. The second-order valence-electron chi connectivity index (χ2n) is 4.03. The third kappa shape index (κ3) is 3.87. The number of rotatable bonds is 6. The predicted octanol–water partition coefficient (Wildman–Crippen LogP) is 1.27. The maximum absolute atomic E-state index is 5.10. The van der Waals surface area contributed by atoms with Crippen LogP contribution in [0.1, 0.15) is 26.7 Å². The van der Waals surface area contributed by atoms with Crippen LogP contribution in [0, 0.1) is 5.92 Å². The summed E-state index contributed by atoms with van der Waals surface area (Å²) in [6.45, 7) is 8.85. The van der Waals surface area contributed by atoms with Crippen LogP contribution in [0.25, 0.3) is 0 Å². The first kappa shape index (κ1) is 12.0. The van der Waals surface area contributed by atoms with E-state index in [9.17, 15) is 0 Å². The number of anilines is 1. The monoisotopic (exact) mass is 212 g/mol. The Morgan fingerprint density at radius 3 is 2.80 bits per heavy atom. The molecule has 5 heteroatoms. The van der Waals surface area contributed by atoms with Crippen molar-refractivity contribution in [3.05, 3.63) is 5.89 Å². The molecule has 0 atom stereocenters. The second-order valence-corrected chi connectivity index (χ2v) is 4.03. The molecule has 15 heavy (non-hydrogen) atoms. The van der Waals surface area contributed by atoms with Crippen molar-refractivity contribution in [1.82, 2.24) is 15.5 Å². The molecule has 0 aromatic carbocycles. The lowest BCUT2D eigenvalue weighted by atomic mass is 10.2. The van der Waals surface area contributed by atoms with Gasteiger partial charge in [0.15, 0.2) is 0 Å². The SMILES string of the molecule is CCN(C)c1noc(CNCC(C)C)n1. The molecule has 0 saturated carbocycles. The number of nitrogens with one attached hydrogen (secondary N) is 1. The highest BCUT2D eigenvalue weighted by atomic mass is 16.5. The van der Waals surface area contributed by atoms with Crippen LogP contribution in [0.2, 0.25) is 0 Å². The van der Waals surface area contributed by atoms with Crippen LogP contribution in [0.15, 0.2) is 4.52 Å². The minimum atomic E-state index is 0.630. The first-order chi connectivity index (χ1) is 7.13. The van der Waals surface area contributed by atoms with Crippen molar-refractivity contribution in [3.63, 3.8) is 0 Å². The van der Waals surface area contributed by atoms with E-state index in [1.54, 1.807) is 0 Å². The largest absolute Gasteiger partial charge is 0.342 e. The quantitative estimate of drug-likeness (QED) is 0.769. The molecular formula is C10H20N4O. The molecule has 0 unspecified atom stereocenters. The summed E-state index contributed by atoms with van der Waals surface area (Å²) in [6, 6.07) is 0. The first-order valence-corrected chi connectivity index (χ1v) is 5.38. The fourth-order valence-electron chi connectivity index (χ4n) is 1.08. The van der Waals surface area contributed by atoms with Crippen molar-refractivity contribution in [2.45, 2.75) is 27.3 Å². The van der Waals surface area contributed by atoms with Crippen molar-refractivity contribution in [2.75, 3.05) is 25.0 Å². The van der Waals surface area contributed by atoms with Gasteiger partial charge >= 0.3 is 0 Å². The Labute approximate surface area is 90.8 Å². The number of hydrogen-bond donors (Lipinski definition) is 1. The average Bonchev–Trinajstić information content (AvgIpc) is 2.65. The van der Waals surface area contributed by atoms with Crippen molar-refractivity contribution in [3.8, 4) is 0 Å². The van der Waals surface area contributed by atoms with Gasteiger partial charge in [0.2, 0.25) is 5.89 Å². The zero-order valence-corrected chi connectivity index (χ0v) is 9.95. The van der Waals surface area contributed by atoms with E-state index in [0.29, 0.717) is 24.3 Å². The highest BCUT2D eigenvalue weighted by Crippen LogP contribution is 2.06. The average molecular weight is 212 g/mol. The Hall–Kier alpha value is -1.10. The molecule has 5 nitrogen and oxygen atoms in total. The van der Waals surface area contributed by atoms with Gasteiger partial charge in [0.25, 0.3) is 5.95 Å². The Bertz CT molecular complexity index is 285. The summed E-state index contributed by atoms with van der Waals surface area (Å²) in [5, 5.41) is 7.14. The molecule has 0 aliphatic heterocycles. The summed E-state index contributed by atoms with van der Waals surface area (Å²) in [5.74, 6) is 1.93. The number of hydrogen-bond acceptors (Lipinski definition) is 5. The zero-order valence-electron chi connectivity index (χ0n) is 9.95. The zero-order chi connectivity index (χ0) is 11.3. The molecule has 1 N–H and O–H groups in total. The molecule has 86 valence electrons. The topological polar surface area (TPSA) is 54.2 Å². The lowest BCUT2D eigenvalue weighted by Gasteiger charge is -2.08. The van der Waals surface area contributed by atoms with E-state index in [1.807, 2.05) is 18.9 Å². The summed E-state index contributed by atoms with van der Waals surface area (Å²) in [4.78, 5) is 6.20. The molecule has 1 aromatic heterocycles. The summed E-state index contributed by atoms with van der Waals surface area (Å²) >= 11 is 0. The molecule has 0 saturated heterocycles. The minimum absolute atomic E-state index is 0.630. The Kier molecular flexibility index (Phi) is 4.55. The van der Waals surface area contributed by atoms with Gasteiger partial charge in [0, 0.05) is 13.6 Å². The standard InChI is InChI=1S/C10H20N4O/c1-5-14(4)10-12-9(15-13-10)7-11-6-8(2)3/h8,11H,5-7H2,1-4H3. The van der Waals surface area contributed by atoms with Gasteiger partial charge in [-0.2, -0.15) is 4.98 Å². The van der Waals surface area contributed by atoms with Gasteiger partial charge in [-0.25, -0.2) is 0 Å². The van der Waals surface area contributed by atoms with Crippen LogP contribution in [0.4, 0.5) is 5.95 Å². The predicted molar refractivity (Wildman–Crippen MR) is 59.8 cm³/mol. The van der Waals surface area contributed by atoms with Crippen LogP contribution >= 0.6 is 0 Å². The Morgan fingerprint density at radius 1 is 1.47 bits per heavy atom. The fourth-order valence-corrected chi connectivity index (χ4v) is 1.08. The van der Waals surface area contributed by atoms with Crippen molar-refractivity contribution in [2.24, 2.45) is 5.92 Å². The van der Waals surface area contributed by atoms with E-state index < -0.39 is 0 Å². The molecule has 1 aromatic rings. The van der Waals surface area contributed by atoms with E-state index in [1.165, 1.54) is 0 Å².